The van der Waals surface area contributed by atoms with Gasteiger partial charge in [-0.1, -0.05) is 15.9 Å². The lowest BCUT2D eigenvalue weighted by molar-refractivity contribution is 0.341. The van der Waals surface area contributed by atoms with Gasteiger partial charge in [-0.25, -0.2) is 0 Å². The van der Waals surface area contributed by atoms with E-state index in [1.165, 1.54) is 0 Å². The fourth-order valence-corrected chi connectivity index (χ4v) is 1.30. The van der Waals surface area contributed by atoms with Crippen LogP contribution >= 0.6 is 15.9 Å². The number of methoxy groups -OCH3 is 2. The van der Waals surface area contributed by atoms with Crippen LogP contribution in [0.25, 0.3) is 6.08 Å². The third-order valence-electron chi connectivity index (χ3n) is 1.59. The molecule has 1 aromatic rings. The van der Waals surface area contributed by atoms with Gasteiger partial charge in [-0.3, -0.25) is 0 Å². The van der Waals surface area contributed by atoms with Gasteiger partial charge in [0, 0.05) is 4.47 Å². The molecule has 0 unspecified atom stereocenters. The van der Waals surface area contributed by atoms with E-state index in [0.717, 1.165) is 15.8 Å². The SMILES string of the molecule is COC=Cc1cc(OC)ccc1Br. The van der Waals surface area contributed by atoms with Crippen LogP contribution < -0.4 is 4.74 Å². The van der Waals surface area contributed by atoms with Crippen LogP contribution in [0.2, 0.25) is 0 Å². The van der Waals surface area contributed by atoms with Gasteiger partial charge >= 0.3 is 0 Å². The molecular formula is C10H11BrO2. The van der Waals surface area contributed by atoms with Crippen molar-refractivity contribution in [1.82, 2.24) is 0 Å². The molecule has 1 rings (SSSR count). The van der Waals surface area contributed by atoms with Crippen molar-refractivity contribution < 1.29 is 9.47 Å². The Bertz CT molecular complexity index is 308. The van der Waals surface area contributed by atoms with Gasteiger partial charge in [-0.05, 0) is 29.8 Å². The molecule has 0 saturated carbocycles. The molecule has 0 aromatic heterocycles. The lowest BCUT2D eigenvalue weighted by Crippen LogP contribution is -1.84. The molecule has 0 aliphatic rings. The predicted molar refractivity (Wildman–Crippen MR) is 56.7 cm³/mol. The van der Waals surface area contributed by atoms with Gasteiger partial charge in [0.2, 0.25) is 0 Å². The Labute approximate surface area is 86.3 Å². The summed E-state index contributed by atoms with van der Waals surface area (Å²) in [5, 5.41) is 0. The van der Waals surface area contributed by atoms with Crippen molar-refractivity contribution in [2.75, 3.05) is 14.2 Å². The number of benzene rings is 1. The molecule has 0 atom stereocenters. The first-order valence-electron chi connectivity index (χ1n) is 3.81. The Morgan fingerprint density at radius 1 is 1.31 bits per heavy atom. The van der Waals surface area contributed by atoms with E-state index in [2.05, 4.69) is 15.9 Å². The Balaban J connectivity index is 2.97. The second-order valence-electron chi connectivity index (χ2n) is 2.43. The molecule has 1 aromatic carbocycles. The van der Waals surface area contributed by atoms with Crippen molar-refractivity contribution in [1.29, 1.82) is 0 Å². The summed E-state index contributed by atoms with van der Waals surface area (Å²) in [6, 6.07) is 5.77. The van der Waals surface area contributed by atoms with E-state index in [-0.39, 0.29) is 0 Å². The average Bonchev–Trinajstić information content (AvgIpc) is 2.17. The number of hydrogen-bond donors (Lipinski definition) is 0. The third kappa shape index (κ3) is 2.77. The van der Waals surface area contributed by atoms with Gasteiger partial charge in [-0.2, -0.15) is 0 Å². The summed E-state index contributed by atoms with van der Waals surface area (Å²) in [7, 11) is 3.26. The Morgan fingerprint density at radius 3 is 2.69 bits per heavy atom. The summed E-state index contributed by atoms with van der Waals surface area (Å²) in [6.45, 7) is 0. The molecule has 70 valence electrons. The minimum absolute atomic E-state index is 0.832. The van der Waals surface area contributed by atoms with Gasteiger partial charge in [-0.15, -0.1) is 0 Å². The van der Waals surface area contributed by atoms with Crippen molar-refractivity contribution in [2.45, 2.75) is 0 Å². The minimum atomic E-state index is 0.832. The summed E-state index contributed by atoms with van der Waals surface area (Å²) >= 11 is 3.43. The van der Waals surface area contributed by atoms with Gasteiger partial charge in [0.1, 0.15) is 5.75 Å². The van der Waals surface area contributed by atoms with E-state index >= 15 is 0 Å². The first kappa shape index (κ1) is 10.1. The summed E-state index contributed by atoms with van der Waals surface area (Å²) in [4.78, 5) is 0. The number of hydrogen-bond acceptors (Lipinski definition) is 2. The number of ether oxygens (including phenoxy) is 2. The van der Waals surface area contributed by atoms with Crippen molar-refractivity contribution in [3.63, 3.8) is 0 Å². The molecule has 0 N–H and O–H groups in total. The average molecular weight is 243 g/mol. The van der Waals surface area contributed by atoms with Gasteiger partial charge in [0.05, 0.1) is 20.5 Å². The van der Waals surface area contributed by atoms with E-state index in [9.17, 15) is 0 Å². The maximum Gasteiger partial charge on any atom is 0.119 e. The zero-order valence-corrected chi connectivity index (χ0v) is 9.17. The van der Waals surface area contributed by atoms with E-state index in [0.29, 0.717) is 0 Å². The summed E-state index contributed by atoms with van der Waals surface area (Å²) in [5.74, 6) is 0.832. The normalized spacial score (nSPS) is 10.4. The molecule has 0 aliphatic heterocycles. The number of rotatable bonds is 3. The standard InChI is InChI=1S/C10H11BrO2/c1-12-6-5-8-7-9(13-2)3-4-10(8)11/h3-7H,1-2H3. The molecule has 13 heavy (non-hydrogen) atoms. The second-order valence-corrected chi connectivity index (χ2v) is 3.28. The molecule has 0 bridgehead atoms. The Morgan fingerprint density at radius 2 is 2.08 bits per heavy atom. The van der Waals surface area contributed by atoms with Crippen molar-refractivity contribution >= 4 is 22.0 Å². The number of halogens is 1. The minimum Gasteiger partial charge on any atom is -0.504 e. The van der Waals surface area contributed by atoms with Crippen LogP contribution in [0.4, 0.5) is 0 Å². The molecule has 0 radical (unpaired) electrons. The van der Waals surface area contributed by atoms with Crippen LogP contribution in [-0.2, 0) is 4.74 Å². The van der Waals surface area contributed by atoms with Gasteiger partial charge in [0.25, 0.3) is 0 Å². The second kappa shape index (κ2) is 4.92. The monoisotopic (exact) mass is 242 g/mol. The zero-order valence-electron chi connectivity index (χ0n) is 7.58. The predicted octanol–water partition coefficient (Wildman–Crippen LogP) is 3.07. The van der Waals surface area contributed by atoms with Crippen molar-refractivity contribution in [3.8, 4) is 5.75 Å². The summed E-state index contributed by atoms with van der Waals surface area (Å²) in [6.07, 6.45) is 3.49. The van der Waals surface area contributed by atoms with Crippen molar-refractivity contribution in [3.05, 3.63) is 34.5 Å². The lowest BCUT2D eigenvalue weighted by atomic mass is 10.2. The van der Waals surface area contributed by atoms with E-state index in [1.807, 2.05) is 24.3 Å². The molecule has 0 amide bonds. The maximum atomic E-state index is 5.09. The summed E-state index contributed by atoms with van der Waals surface area (Å²) in [5.41, 5.74) is 1.03. The van der Waals surface area contributed by atoms with Crippen molar-refractivity contribution in [2.24, 2.45) is 0 Å². The molecule has 0 fully saturated rings. The van der Waals surface area contributed by atoms with E-state index < -0.39 is 0 Å². The molecular weight excluding hydrogens is 232 g/mol. The fraction of sp³-hybridized carbons (Fsp3) is 0.200. The Kier molecular flexibility index (Phi) is 3.83. The van der Waals surface area contributed by atoms with Gasteiger partial charge in [0.15, 0.2) is 0 Å². The highest BCUT2D eigenvalue weighted by atomic mass is 79.9. The van der Waals surface area contributed by atoms with Gasteiger partial charge < -0.3 is 9.47 Å². The van der Waals surface area contributed by atoms with Crippen LogP contribution in [0.1, 0.15) is 5.56 Å². The topological polar surface area (TPSA) is 18.5 Å². The van der Waals surface area contributed by atoms with E-state index in [1.54, 1.807) is 20.5 Å². The molecule has 0 aliphatic carbocycles. The van der Waals surface area contributed by atoms with Crippen LogP contribution in [-0.4, -0.2) is 14.2 Å². The van der Waals surface area contributed by atoms with Crippen LogP contribution in [0.15, 0.2) is 28.9 Å². The molecule has 0 saturated heterocycles. The first-order chi connectivity index (χ1) is 6.27. The summed E-state index contributed by atoms with van der Waals surface area (Å²) < 4.78 is 10.9. The first-order valence-corrected chi connectivity index (χ1v) is 4.60. The highest BCUT2D eigenvalue weighted by Crippen LogP contribution is 2.23. The fourth-order valence-electron chi connectivity index (χ4n) is 0.918. The highest BCUT2D eigenvalue weighted by molar-refractivity contribution is 9.10. The van der Waals surface area contributed by atoms with Crippen LogP contribution in [0.3, 0.4) is 0 Å². The van der Waals surface area contributed by atoms with Crippen LogP contribution in [0, 0.1) is 0 Å². The van der Waals surface area contributed by atoms with E-state index in [4.69, 9.17) is 9.47 Å². The molecule has 0 heterocycles. The van der Waals surface area contributed by atoms with Crippen LogP contribution in [0.5, 0.6) is 5.75 Å². The quantitative estimate of drug-likeness (QED) is 0.759. The zero-order chi connectivity index (χ0) is 9.68. The lowest BCUT2D eigenvalue weighted by Gasteiger charge is -2.02. The Hall–Kier alpha value is -0.960. The smallest absolute Gasteiger partial charge is 0.119 e. The maximum absolute atomic E-state index is 5.09. The molecule has 3 heteroatoms. The largest absolute Gasteiger partial charge is 0.504 e. The third-order valence-corrected chi connectivity index (χ3v) is 2.31. The molecule has 0 spiro atoms. The molecule has 2 nitrogen and oxygen atoms in total. The highest BCUT2D eigenvalue weighted by Gasteiger charge is 1.97.